The smallest absolute Gasteiger partial charge is 0.305 e. The Hall–Kier alpha value is -2.76. The molecule has 0 bridgehead atoms. The van der Waals surface area contributed by atoms with Crippen molar-refractivity contribution < 1.29 is 14.1 Å². The number of nitro benzene ring substituents is 1. The van der Waals surface area contributed by atoms with Crippen molar-refractivity contribution in [3.63, 3.8) is 0 Å². The topological polar surface area (TPSA) is 72.2 Å². The van der Waals surface area contributed by atoms with Gasteiger partial charge in [0.2, 0.25) is 5.82 Å². The summed E-state index contributed by atoms with van der Waals surface area (Å²) < 4.78 is 13.3. The summed E-state index contributed by atoms with van der Waals surface area (Å²) in [6, 6.07) is 10.7. The van der Waals surface area contributed by atoms with Crippen LogP contribution in [-0.2, 0) is 0 Å². The monoisotopic (exact) mass is 316 g/mol. The number of nitro groups is 1. The molecule has 6 heteroatoms. The molecule has 2 aromatic rings. The molecule has 0 radical (unpaired) electrons. The lowest BCUT2D eigenvalue weighted by Gasteiger charge is -2.17. The van der Waals surface area contributed by atoms with E-state index in [1.165, 1.54) is 6.07 Å². The first-order valence-corrected chi connectivity index (χ1v) is 7.23. The quantitative estimate of drug-likeness (QED) is 0.671. The van der Waals surface area contributed by atoms with Crippen LogP contribution in [0.1, 0.15) is 40.9 Å². The Kier molecular flexibility index (Phi) is 5.05. The third-order valence-corrected chi connectivity index (χ3v) is 3.60. The summed E-state index contributed by atoms with van der Waals surface area (Å²) in [6.07, 6.45) is 0.665. The maximum Gasteiger partial charge on any atom is 0.305 e. The van der Waals surface area contributed by atoms with Crippen LogP contribution in [0.2, 0.25) is 0 Å². The molecule has 1 atom stereocenters. The van der Waals surface area contributed by atoms with E-state index < -0.39 is 22.3 Å². The van der Waals surface area contributed by atoms with Gasteiger partial charge in [-0.25, -0.2) is 0 Å². The number of benzene rings is 2. The standard InChI is InChI=1S/C17H17FN2O3/c1-3-15(12-6-4-11(2)5-7-12)19-17(21)13-8-9-14(18)16(10-13)20(22)23/h4-10,15H,3H2,1-2H3,(H,19,21)/t15-/m1/s1. The summed E-state index contributed by atoms with van der Waals surface area (Å²) in [6.45, 7) is 3.90. The molecule has 0 spiro atoms. The van der Waals surface area contributed by atoms with Crippen molar-refractivity contribution >= 4 is 11.6 Å². The van der Waals surface area contributed by atoms with Crippen molar-refractivity contribution in [1.29, 1.82) is 0 Å². The third kappa shape index (κ3) is 3.91. The largest absolute Gasteiger partial charge is 0.345 e. The molecule has 0 aliphatic rings. The van der Waals surface area contributed by atoms with Crippen molar-refractivity contribution in [3.8, 4) is 0 Å². The summed E-state index contributed by atoms with van der Waals surface area (Å²) in [7, 11) is 0. The van der Waals surface area contributed by atoms with Gasteiger partial charge in [-0.3, -0.25) is 14.9 Å². The van der Waals surface area contributed by atoms with Gasteiger partial charge in [-0.2, -0.15) is 4.39 Å². The summed E-state index contributed by atoms with van der Waals surface area (Å²) in [5.41, 5.74) is 1.41. The molecule has 1 N–H and O–H groups in total. The predicted molar refractivity (Wildman–Crippen MR) is 84.7 cm³/mol. The van der Waals surface area contributed by atoms with Gasteiger partial charge in [-0.05, 0) is 31.0 Å². The van der Waals surface area contributed by atoms with Crippen molar-refractivity contribution in [2.24, 2.45) is 0 Å². The van der Waals surface area contributed by atoms with Crippen LogP contribution in [0.4, 0.5) is 10.1 Å². The molecule has 23 heavy (non-hydrogen) atoms. The van der Waals surface area contributed by atoms with Gasteiger partial charge in [0.15, 0.2) is 0 Å². The SMILES string of the molecule is CC[C@@H](NC(=O)c1ccc(F)c([N+](=O)[O-])c1)c1ccc(C)cc1. The second kappa shape index (κ2) is 7.00. The predicted octanol–water partition coefficient (Wildman–Crippen LogP) is 3.92. The normalized spacial score (nSPS) is 11.8. The average molecular weight is 316 g/mol. The van der Waals surface area contributed by atoms with Crippen molar-refractivity contribution in [2.75, 3.05) is 0 Å². The summed E-state index contributed by atoms with van der Waals surface area (Å²) in [4.78, 5) is 22.2. The van der Waals surface area contributed by atoms with E-state index in [4.69, 9.17) is 0 Å². The first-order chi connectivity index (χ1) is 10.9. The summed E-state index contributed by atoms with van der Waals surface area (Å²) in [5.74, 6) is -1.43. The van der Waals surface area contributed by atoms with E-state index in [0.717, 1.165) is 23.3 Å². The van der Waals surface area contributed by atoms with E-state index in [9.17, 15) is 19.3 Å². The average Bonchev–Trinajstić information content (AvgIpc) is 2.53. The van der Waals surface area contributed by atoms with Gasteiger partial charge >= 0.3 is 5.69 Å². The van der Waals surface area contributed by atoms with Gasteiger partial charge in [-0.15, -0.1) is 0 Å². The number of rotatable bonds is 5. The van der Waals surface area contributed by atoms with Gasteiger partial charge in [0.05, 0.1) is 11.0 Å². The minimum Gasteiger partial charge on any atom is -0.345 e. The van der Waals surface area contributed by atoms with Crippen LogP contribution in [0.5, 0.6) is 0 Å². The van der Waals surface area contributed by atoms with E-state index in [0.29, 0.717) is 6.42 Å². The first-order valence-electron chi connectivity index (χ1n) is 7.23. The maximum absolute atomic E-state index is 13.3. The van der Waals surface area contributed by atoms with Gasteiger partial charge in [0.25, 0.3) is 5.91 Å². The van der Waals surface area contributed by atoms with Gasteiger partial charge in [0, 0.05) is 11.6 Å². The Morgan fingerprint density at radius 2 is 1.91 bits per heavy atom. The lowest BCUT2D eigenvalue weighted by molar-refractivity contribution is -0.387. The molecule has 2 aromatic carbocycles. The van der Waals surface area contributed by atoms with Crippen molar-refractivity contribution in [2.45, 2.75) is 26.3 Å². The number of amides is 1. The molecule has 0 unspecified atom stereocenters. The van der Waals surface area contributed by atoms with Crippen LogP contribution in [0.3, 0.4) is 0 Å². The highest BCUT2D eigenvalue weighted by Crippen LogP contribution is 2.21. The number of aryl methyl sites for hydroxylation is 1. The van der Waals surface area contributed by atoms with Gasteiger partial charge in [0.1, 0.15) is 0 Å². The Morgan fingerprint density at radius 1 is 1.26 bits per heavy atom. The zero-order valence-corrected chi connectivity index (χ0v) is 12.9. The Bertz CT molecular complexity index is 729. The lowest BCUT2D eigenvalue weighted by Crippen LogP contribution is -2.28. The Morgan fingerprint density at radius 3 is 2.48 bits per heavy atom. The lowest BCUT2D eigenvalue weighted by atomic mass is 10.0. The highest BCUT2D eigenvalue weighted by Gasteiger charge is 2.19. The number of hydrogen-bond acceptors (Lipinski definition) is 3. The van der Waals surface area contributed by atoms with Crippen LogP contribution in [0.15, 0.2) is 42.5 Å². The maximum atomic E-state index is 13.3. The van der Waals surface area contributed by atoms with Crippen LogP contribution in [0, 0.1) is 22.9 Å². The molecule has 0 fully saturated rings. The minimum atomic E-state index is -0.961. The molecule has 120 valence electrons. The Labute approximate surface area is 133 Å². The molecule has 0 saturated heterocycles. The van der Waals surface area contributed by atoms with E-state index in [1.54, 1.807) is 0 Å². The molecule has 0 aliphatic carbocycles. The molecule has 0 saturated carbocycles. The zero-order valence-electron chi connectivity index (χ0n) is 12.9. The van der Waals surface area contributed by atoms with Gasteiger partial charge in [-0.1, -0.05) is 36.8 Å². The number of nitrogens with zero attached hydrogens (tertiary/aromatic N) is 1. The molecule has 1 amide bonds. The van der Waals surface area contributed by atoms with Crippen LogP contribution >= 0.6 is 0 Å². The van der Waals surface area contributed by atoms with Crippen LogP contribution in [0.25, 0.3) is 0 Å². The summed E-state index contributed by atoms with van der Waals surface area (Å²) >= 11 is 0. The second-order valence-electron chi connectivity index (χ2n) is 5.27. The number of hydrogen-bond donors (Lipinski definition) is 1. The Balaban J connectivity index is 2.21. The number of carbonyl (C=O) groups is 1. The molecule has 5 nitrogen and oxygen atoms in total. The zero-order chi connectivity index (χ0) is 17.0. The third-order valence-electron chi connectivity index (χ3n) is 3.60. The molecule has 0 heterocycles. The van der Waals surface area contributed by atoms with Crippen molar-refractivity contribution in [3.05, 3.63) is 75.1 Å². The highest BCUT2D eigenvalue weighted by molar-refractivity contribution is 5.95. The second-order valence-corrected chi connectivity index (χ2v) is 5.27. The fourth-order valence-corrected chi connectivity index (χ4v) is 2.26. The van der Waals surface area contributed by atoms with E-state index >= 15 is 0 Å². The fraction of sp³-hybridized carbons (Fsp3) is 0.235. The number of nitrogens with one attached hydrogen (secondary N) is 1. The van der Waals surface area contributed by atoms with E-state index in [2.05, 4.69) is 5.32 Å². The molecule has 0 aromatic heterocycles. The number of carbonyl (C=O) groups excluding carboxylic acids is 1. The minimum absolute atomic E-state index is 0.0589. The summed E-state index contributed by atoms with van der Waals surface area (Å²) in [5, 5.41) is 13.6. The molecular formula is C17H17FN2O3. The van der Waals surface area contributed by atoms with E-state index in [-0.39, 0.29) is 11.6 Å². The molecule has 0 aliphatic heterocycles. The first kappa shape index (κ1) is 16.6. The van der Waals surface area contributed by atoms with Crippen molar-refractivity contribution in [1.82, 2.24) is 5.32 Å². The van der Waals surface area contributed by atoms with Gasteiger partial charge < -0.3 is 5.32 Å². The van der Waals surface area contributed by atoms with Crippen LogP contribution < -0.4 is 5.32 Å². The molecule has 2 rings (SSSR count). The number of halogens is 1. The molecular weight excluding hydrogens is 299 g/mol. The highest BCUT2D eigenvalue weighted by atomic mass is 19.1. The fourth-order valence-electron chi connectivity index (χ4n) is 2.26. The van der Waals surface area contributed by atoms with E-state index in [1.807, 2.05) is 38.1 Å². The van der Waals surface area contributed by atoms with Crippen LogP contribution in [-0.4, -0.2) is 10.8 Å².